The van der Waals surface area contributed by atoms with Gasteiger partial charge in [0, 0.05) is 29.8 Å². The normalized spacial score (nSPS) is 22.0. The molecule has 0 radical (unpaired) electrons. The van der Waals surface area contributed by atoms with Crippen molar-refractivity contribution < 1.29 is 17.2 Å². The first-order valence-corrected chi connectivity index (χ1v) is 11.8. The van der Waals surface area contributed by atoms with Crippen LogP contribution in [0, 0.1) is 11.6 Å². The van der Waals surface area contributed by atoms with Crippen molar-refractivity contribution in [1.29, 1.82) is 0 Å². The van der Waals surface area contributed by atoms with E-state index in [4.69, 9.17) is 17.3 Å². The number of benzene rings is 1. The molecule has 1 aliphatic rings. The van der Waals surface area contributed by atoms with Crippen LogP contribution in [0.3, 0.4) is 0 Å². The Labute approximate surface area is 189 Å². The minimum atomic E-state index is -3.78. The number of pyridine rings is 2. The third-order valence-electron chi connectivity index (χ3n) is 5.91. The molecule has 0 unspecified atom stereocenters. The standard InChI is InChI=1S/C22H21ClF2N4O2S/c1-21(2)20(26)29-22(3,11-32(21,30)31)15-6-12(7-16(24)18(15)25)8-17-19-13(4-5-27-17)9-14(23)10-28-19/h4-7,9-10H,8,11H2,1-3H3,(H2,26,29)/t22-/m0/s1. The zero-order valence-corrected chi connectivity index (χ0v) is 19.2. The van der Waals surface area contributed by atoms with Crippen LogP contribution >= 0.6 is 11.6 Å². The molecule has 32 heavy (non-hydrogen) atoms. The fourth-order valence-corrected chi connectivity index (χ4v) is 5.69. The summed E-state index contributed by atoms with van der Waals surface area (Å²) >= 11 is 6.00. The lowest BCUT2D eigenvalue weighted by atomic mass is 9.90. The summed E-state index contributed by atoms with van der Waals surface area (Å²) in [6.45, 7) is 4.33. The van der Waals surface area contributed by atoms with E-state index in [0.29, 0.717) is 21.8 Å². The van der Waals surface area contributed by atoms with Crippen molar-refractivity contribution in [3.63, 3.8) is 0 Å². The lowest BCUT2D eigenvalue weighted by Crippen LogP contribution is -2.55. The lowest BCUT2D eigenvalue weighted by molar-refractivity contribution is 0.444. The Morgan fingerprint density at radius 2 is 1.88 bits per heavy atom. The summed E-state index contributed by atoms with van der Waals surface area (Å²) in [5.41, 5.74) is 5.73. The molecular weight excluding hydrogens is 458 g/mol. The Morgan fingerprint density at radius 1 is 1.16 bits per heavy atom. The third-order valence-corrected chi connectivity index (χ3v) is 8.83. The number of rotatable bonds is 3. The number of sulfone groups is 1. The first-order chi connectivity index (χ1) is 14.8. The predicted molar refractivity (Wildman–Crippen MR) is 121 cm³/mol. The summed E-state index contributed by atoms with van der Waals surface area (Å²) in [5.74, 6) is -2.90. The highest BCUT2D eigenvalue weighted by molar-refractivity contribution is 7.93. The smallest absolute Gasteiger partial charge is 0.165 e. The second kappa shape index (κ2) is 7.45. The number of hydrogen-bond acceptors (Lipinski definition) is 6. The topological polar surface area (TPSA) is 98.3 Å². The van der Waals surface area contributed by atoms with Crippen LogP contribution < -0.4 is 5.73 Å². The Bertz CT molecular complexity index is 1390. The number of nitrogens with zero attached hydrogens (tertiary/aromatic N) is 3. The Balaban J connectivity index is 1.83. The molecule has 0 aliphatic carbocycles. The van der Waals surface area contributed by atoms with Gasteiger partial charge in [0.25, 0.3) is 0 Å². The fraction of sp³-hybridized carbons (Fsp3) is 0.318. The Hall–Kier alpha value is -2.65. The van der Waals surface area contributed by atoms with Crippen LogP contribution in [0.5, 0.6) is 0 Å². The molecule has 2 aromatic heterocycles. The predicted octanol–water partition coefficient (Wildman–Crippen LogP) is 3.93. The fourth-order valence-electron chi connectivity index (χ4n) is 3.83. The molecule has 1 aliphatic heterocycles. The van der Waals surface area contributed by atoms with Crippen molar-refractivity contribution in [3.05, 3.63) is 70.1 Å². The zero-order valence-electron chi connectivity index (χ0n) is 17.7. The average Bonchev–Trinajstić information content (AvgIpc) is 2.68. The van der Waals surface area contributed by atoms with Gasteiger partial charge in [0.05, 0.1) is 22.0 Å². The summed E-state index contributed by atoms with van der Waals surface area (Å²) in [5, 5.41) is 1.23. The molecule has 2 N–H and O–H groups in total. The van der Waals surface area contributed by atoms with Gasteiger partial charge in [-0.2, -0.15) is 0 Å². The van der Waals surface area contributed by atoms with Crippen molar-refractivity contribution in [2.75, 3.05) is 5.75 Å². The van der Waals surface area contributed by atoms with Crippen LogP contribution in [0.2, 0.25) is 5.02 Å². The number of amidine groups is 1. The van der Waals surface area contributed by atoms with Crippen LogP contribution in [0.1, 0.15) is 37.6 Å². The maximum absolute atomic E-state index is 14.9. The van der Waals surface area contributed by atoms with Gasteiger partial charge in [-0.05, 0) is 50.6 Å². The van der Waals surface area contributed by atoms with Crippen LogP contribution in [0.25, 0.3) is 10.9 Å². The van der Waals surface area contributed by atoms with Crippen LogP contribution in [0.4, 0.5) is 8.78 Å². The quantitative estimate of drug-likeness (QED) is 0.615. The monoisotopic (exact) mass is 478 g/mol. The molecule has 3 aromatic rings. The molecule has 0 fully saturated rings. The van der Waals surface area contributed by atoms with Gasteiger partial charge >= 0.3 is 0 Å². The number of aliphatic imine (C=N–C) groups is 1. The highest BCUT2D eigenvalue weighted by Gasteiger charge is 2.49. The number of aromatic nitrogens is 2. The van der Waals surface area contributed by atoms with E-state index in [1.54, 1.807) is 18.3 Å². The molecule has 6 nitrogen and oxygen atoms in total. The average molecular weight is 479 g/mol. The molecule has 168 valence electrons. The van der Waals surface area contributed by atoms with Crippen LogP contribution in [-0.2, 0) is 21.8 Å². The first-order valence-electron chi connectivity index (χ1n) is 9.80. The molecule has 0 spiro atoms. The maximum Gasteiger partial charge on any atom is 0.165 e. The highest BCUT2D eigenvalue weighted by Crippen LogP contribution is 2.39. The Morgan fingerprint density at radius 3 is 2.56 bits per heavy atom. The minimum absolute atomic E-state index is 0.143. The summed E-state index contributed by atoms with van der Waals surface area (Å²) in [6.07, 6.45) is 3.21. The van der Waals surface area contributed by atoms with E-state index in [2.05, 4.69) is 15.0 Å². The van der Waals surface area contributed by atoms with Gasteiger partial charge in [-0.15, -0.1) is 0 Å². The van der Waals surface area contributed by atoms with Crippen molar-refractivity contribution in [2.24, 2.45) is 10.7 Å². The summed E-state index contributed by atoms with van der Waals surface area (Å²) in [7, 11) is -3.78. The van der Waals surface area contributed by atoms with E-state index >= 15 is 0 Å². The minimum Gasteiger partial charge on any atom is -0.386 e. The van der Waals surface area contributed by atoms with Crippen LogP contribution in [0.15, 0.2) is 41.7 Å². The van der Waals surface area contributed by atoms with E-state index < -0.39 is 37.5 Å². The number of halogens is 3. The van der Waals surface area contributed by atoms with E-state index in [-0.39, 0.29) is 17.8 Å². The van der Waals surface area contributed by atoms with Gasteiger partial charge in [0.2, 0.25) is 0 Å². The van der Waals surface area contributed by atoms with Gasteiger partial charge < -0.3 is 5.73 Å². The van der Waals surface area contributed by atoms with Crippen molar-refractivity contribution in [3.8, 4) is 0 Å². The summed E-state index contributed by atoms with van der Waals surface area (Å²) in [4.78, 5) is 12.9. The molecule has 10 heteroatoms. The third kappa shape index (κ3) is 3.63. The SMILES string of the molecule is CC1(C)C(N)=N[C@](C)(c2cc(Cc3nccc4cc(Cl)cnc34)cc(F)c2F)CS1(=O)=O. The van der Waals surface area contributed by atoms with E-state index in [0.717, 1.165) is 11.5 Å². The van der Waals surface area contributed by atoms with Gasteiger partial charge in [-0.3, -0.25) is 15.0 Å². The highest BCUT2D eigenvalue weighted by atomic mass is 35.5. The van der Waals surface area contributed by atoms with Crippen molar-refractivity contribution in [1.82, 2.24) is 9.97 Å². The molecule has 1 atom stereocenters. The van der Waals surface area contributed by atoms with E-state index in [9.17, 15) is 17.2 Å². The maximum atomic E-state index is 14.9. The second-order valence-electron chi connectivity index (χ2n) is 8.64. The summed E-state index contributed by atoms with van der Waals surface area (Å²) in [6, 6.07) is 5.97. The molecule has 4 rings (SSSR count). The molecule has 0 amide bonds. The number of nitrogens with two attached hydrogens (primary N) is 1. The largest absolute Gasteiger partial charge is 0.386 e. The van der Waals surface area contributed by atoms with E-state index in [1.807, 2.05) is 0 Å². The van der Waals surface area contributed by atoms with Gasteiger partial charge in [-0.1, -0.05) is 11.6 Å². The first kappa shape index (κ1) is 22.5. The molecule has 1 aromatic carbocycles. The lowest BCUT2D eigenvalue weighted by Gasteiger charge is -2.38. The molecule has 0 saturated heterocycles. The van der Waals surface area contributed by atoms with Crippen LogP contribution in [-0.4, -0.2) is 34.7 Å². The Kier molecular flexibility index (Phi) is 5.25. The molecular formula is C22H21ClF2N4O2S. The van der Waals surface area contributed by atoms with E-state index in [1.165, 1.54) is 33.0 Å². The van der Waals surface area contributed by atoms with Crippen molar-refractivity contribution >= 4 is 38.2 Å². The van der Waals surface area contributed by atoms with Gasteiger partial charge in [0.1, 0.15) is 16.1 Å². The van der Waals surface area contributed by atoms with Gasteiger partial charge in [-0.25, -0.2) is 17.2 Å². The summed E-state index contributed by atoms with van der Waals surface area (Å²) < 4.78 is 53.8. The molecule has 0 saturated carbocycles. The van der Waals surface area contributed by atoms with Crippen molar-refractivity contribution in [2.45, 2.75) is 37.5 Å². The number of fused-ring (bicyclic) bond motifs is 1. The number of hydrogen-bond donors (Lipinski definition) is 1. The molecule has 3 heterocycles. The van der Waals surface area contributed by atoms with Gasteiger partial charge in [0.15, 0.2) is 21.5 Å². The zero-order chi connectivity index (χ0) is 23.5. The second-order valence-corrected chi connectivity index (χ2v) is 11.6. The molecule has 0 bridgehead atoms.